The molecule has 0 spiro atoms. The summed E-state index contributed by atoms with van der Waals surface area (Å²) in [4.78, 5) is 21.4. The van der Waals surface area contributed by atoms with E-state index in [-0.39, 0.29) is 17.5 Å². The quantitative estimate of drug-likeness (QED) is 0.787. The Bertz CT molecular complexity index is 558. The van der Waals surface area contributed by atoms with Gasteiger partial charge in [0, 0.05) is 11.6 Å². The van der Waals surface area contributed by atoms with Crippen molar-refractivity contribution in [3.8, 4) is 0 Å². The van der Waals surface area contributed by atoms with Crippen molar-refractivity contribution in [2.24, 2.45) is 5.73 Å². The summed E-state index contributed by atoms with van der Waals surface area (Å²) in [5.41, 5.74) is 6.72. The zero-order valence-electron chi connectivity index (χ0n) is 11.4. The van der Waals surface area contributed by atoms with Gasteiger partial charge in [0.15, 0.2) is 0 Å². The van der Waals surface area contributed by atoms with Crippen molar-refractivity contribution in [3.63, 3.8) is 0 Å². The van der Waals surface area contributed by atoms with Crippen molar-refractivity contribution < 1.29 is 19.0 Å². The number of allylic oxidation sites excluding steroid dienone is 1. The molecule has 0 saturated carbocycles. The van der Waals surface area contributed by atoms with Gasteiger partial charge in [-0.25, -0.2) is 4.39 Å². The fourth-order valence-corrected chi connectivity index (χ4v) is 2.00. The van der Waals surface area contributed by atoms with Gasteiger partial charge in [-0.3, -0.25) is 14.6 Å². The fourth-order valence-electron chi connectivity index (χ4n) is 2.00. The van der Waals surface area contributed by atoms with Crippen LogP contribution in [0.3, 0.4) is 0 Å². The van der Waals surface area contributed by atoms with E-state index < -0.39 is 5.82 Å². The third-order valence-corrected chi connectivity index (χ3v) is 3.01. The second-order valence-electron chi connectivity index (χ2n) is 4.65. The van der Waals surface area contributed by atoms with Crippen molar-refractivity contribution >= 4 is 5.91 Å². The topological polar surface area (TPSA) is 73.6 Å². The van der Waals surface area contributed by atoms with E-state index in [1.807, 2.05) is 0 Å². The molecule has 1 aliphatic heterocycles. The summed E-state index contributed by atoms with van der Waals surface area (Å²) in [5.74, 6) is -0.771. The Labute approximate surface area is 122 Å². The molecule has 0 aromatic heterocycles. The summed E-state index contributed by atoms with van der Waals surface area (Å²) in [6.45, 7) is 0.433. The van der Waals surface area contributed by atoms with Crippen LogP contribution in [0.5, 0.6) is 0 Å². The van der Waals surface area contributed by atoms with Gasteiger partial charge in [0.2, 0.25) is 0 Å². The van der Waals surface area contributed by atoms with Gasteiger partial charge in [0.05, 0.1) is 0 Å². The molecule has 1 aliphatic rings. The molecule has 3 N–H and O–H groups in total. The Morgan fingerprint density at radius 3 is 2.90 bits per heavy atom. The van der Waals surface area contributed by atoms with Crippen LogP contribution in [0.1, 0.15) is 23.2 Å². The molecule has 0 fully saturated rings. The Morgan fingerprint density at radius 2 is 2.24 bits per heavy atom. The lowest BCUT2D eigenvalue weighted by Crippen LogP contribution is -2.36. The lowest BCUT2D eigenvalue weighted by Gasteiger charge is -2.19. The van der Waals surface area contributed by atoms with Crippen molar-refractivity contribution in [2.75, 3.05) is 6.54 Å². The van der Waals surface area contributed by atoms with E-state index in [0.717, 1.165) is 5.57 Å². The fraction of sp³-hybridized carbons (Fsp3) is 0.267. The average molecular weight is 292 g/mol. The van der Waals surface area contributed by atoms with E-state index in [1.165, 1.54) is 30.7 Å². The predicted octanol–water partition coefficient (Wildman–Crippen LogP) is 2.02. The standard InChI is InChI=1S/C15H17FN2O3/c16-13-3-1-2-12(9-13)15(19)18-14(4-6-17)8-11-5-7-20-21-10-11/h1-3,5,7,9-10,14H,4,6,8,17H2,(H,18,19). The van der Waals surface area contributed by atoms with Crippen LogP contribution in [0.4, 0.5) is 4.39 Å². The van der Waals surface area contributed by atoms with E-state index in [0.29, 0.717) is 19.4 Å². The number of hydrogen-bond donors (Lipinski definition) is 2. The monoisotopic (exact) mass is 292 g/mol. The van der Waals surface area contributed by atoms with Gasteiger partial charge in [-0.15, -0.1) is 0 Å². The molecule has 1 amide bonds. The molecule has 1 unspecified atom stereocenters. The first kappa shape index (κ1) is 15.1. The lowest BCUT2D eigenvalue weighted by atomic mass is 10.0. The SMILES string of the molecule is NCCC(CC1=COOC=C1)NC(=O)c1cccc(F)c1. The van der Waals surface area contributed by atoms with E-state index in [2.05, 4.69) is 10.2 Å². The van der Waals surface area contributed by atoms with Gasteiger partial charge < -0.3 is 11.1 Å². The Hall–Kier alpha value is -2.34. The van der Waals surface area contributed by atoms with Crippen LogP contribution in [0.2, 0.25) is 0 Å². The van der Waals surface area contributed by atoms with Crippen molar-refractivity contribution in [1.29, 1.82) is 0 Å². The first-order valence-corrected chi connectivity index (χ1v) is 6.63. The highest BCUT2D eigenvalue weighted by molar-refractivity contribution is 5.94. The first-order valence-electron chi connectivity index (χ1n) is 6.63. The van der Waals surface area contributed by atoms with Gasteiger partial charge in [0.25, 0.3) is 5.91 Å². The van der Waals surface area contributed by atoms with Gasteiger partial charge in [-0.05, 0) is 49.2 Å². The molecule has 112 valence electrons. The molecule has 5 nitrogen and oxygen atoms in total. The minimum atomic E-state index is -0.443. The van der Waals surface area contributed by atoms with Crippen molar-refractivity contribution in [3.05, 3.63) is 59.8 Å². The maximum atomic E-state index is 13.1. The summed E-state index contributed by atoms with van der Waals surface area (Å²) in [6.07, 6.45) is 5.80. The molecule has 21 heavy (non-hydrogen) atoms. The second kappa shape index (κ2) is 7.44. The number of rotatable bonds is 6. The second-order valence-corrected chi connectivity index (χ2v) is 4.65. The summed E-state index contributed by atoms with van der Waals surface area (Å²) >= 11 is 0. The highest BCUT2D eigenvalue weighted by Crippen LogP contribution is 2.14. The highest BCUT2D eigenvalue weighted by atomic mass is 19.1. The van der Waals surface area contributed by atoms with Crippen LogP contribution in [0.25, 0.3) is 0 Å². The third-order valence-electron chi connectivity index (χ3n) is 3.01. The molecule has 0 bridgehead atoms. The number of amides is 1. The summed E-state index contributed by atoms with van der Waals surface area (Å²) in [6, 6.07) is 5.40. The summed E-state index contributed by atoms with van der Waals surface area (Å²) in [7, 11) is 0. The zero-order valence-corrected chi connectivity index (χ0v) is 11.4. The van der Waals surface area contributed by atoms with Crippen molar-refractivity contribution in [1.82, 2.24) is 5.32 Å². The van der Waals surface area contributed by atoms with Crippen LogP contribution in [0.15, 0.2) is 48.4 Å². The molecular formula is C15H17FN2O3. The smallest absolute Gasteiger partial charge is 0.251 e. The van der Waals surface area contributed by atoms with E-state index in [1.54, 1.807) is 12.1 Å². The number of carbonyl (C=O) groups excluding carboxylic acids is 1. The molecule has 1 aromatic rings. The molecule has 1 atom stereocenters. The highest BCUT2D eigenvalue weighted by Gasteiger charge is 2.15. The molecule has 2 rings (SSSR count). The number of nitrogens with one attached hydrogen (secondary N) is 1. The molecule has 0 aliphatic carbocycles. The largest absolute Gasteiger partial charge is 0.349 e. The van der Waals surface area contributed by atoms with Crippen LogP contribution >= 0.6 is 0 Å². The number of nitrogens with two attached hydrogens (primary N) is 1. The van der Waals surface area contributed by atoms with E-state index >= 15 is 0 Å². The number of halogens is 1. The Morgan fingerprint density at radius 1 is 1.38 bits per heavy atom. The van der Waals surface area contributed by atoms with Gasteiger partial charge >= 0.3 is 0 Å². The average Bonchev–Trinajstić information content (AvgIpc) is 2.48. The summed E-state index contributed by atoms with van der Waals surface area (Å²) in [5, 5.41) is 2.85. The predicted molar refractivity (Wildman–Crippen MR) is 75.3 cm³/mol. The normalized spacial score (nSPS) is 14.7. The number of hydrogen-bond acceptors (Lipinski definition) is 4. The first-order chi connectivity index (χ1) is 10.2. The molecule has 1 aromatic carbocycles. The van der Waals surface area contributed by atoms with Gasteiger partial charge in [-0.1, -0.05) is 6.07 Å². The molecule has 6 heteroatoms. The van der Waals surface area contributed by atoms with Crippen LogP contribution in [0, 0.1) is 5.82 Å². The van der Waals surface area contributed by atoms with E-state index in [9.17, 15) is 9.18 Å². The lowest BCUT2D eigenvalue weighted by molar-refractivity contribution is -0.199. The minimum absolute atomic E-state index is 0.164. The molecule has 0 radical (unpaired) electrons. The summed E-state index contributed by atoms with van der Waals surface area (Å²) < 4.78 is 13.1. The van der Waals surface area contributed by atoms with Crippen LogP contribution < -0.4 is 11.1 Å². The van der Waals surface area contributed by atoms with Crippen LogP contribution in [-0.4, -0.2) is 18.5 Å². The van der Waals surface area contributed by atoms with Crippen LogP contribution in [-0.2, 0) is 9.78 Å². The van der Waals surface area contributed by atoms with E-state index in [4.69, 9.17) is 10.6 Å². The maximum Gasteiger partial charge on any atom is 0.251 e. The molecular weight excluding hydrogens is 275 g/mol. The third kappa shape index (κ3) is 4.61. The number of carbonyl (C=O) groups is 1. The Balaban J connectivity index is 2.00. The maximum absolute atomic E-state index is 13.1. The van der Waals surface area contributed by atoms with Gasteiger partial charge in [-0.2, -0.15) is 0 Å². The van der Waals surface area contributed by atoms with Gasteiger partial charge in [0.1, 0.15) is 18.3 Å². The zero-order chi connectivity index (χ0) is 15.1. The molecule has 1 heterocycles. The Kier molecular flexibility index (Phi) is 5.34. The minimum Gasteiger partial charge on any atom is -0.349 e. The van der Waals surface area contributed by atoms with Crippen molar-refractivity contribution in [2.45, 2.75) is 18.9 Å². The number of benzene rings is 1. The molecule has 0 saturated heterocycles.